The van der Waals surface area contributed by atoms with Gasteiger partial charge in [0.15, 0.2) is 0 Å². The normalized spacial score (nSPS) is 11.5. The highest BCUT2D eigenvalue weighted by atomic mass is 79.9. The van der Waals surface area contributed by atoms with Crippen molar-refractivity contribution < 1.29 is 0 Å². The van der Waals surface area contributed by atoms with Crippen LogP contribution in [0.3, 0.4) is 0 Å². The monoisotopic (exact) mass is 262 g/mol. The van der Waals surface area contributed by atoms with E-state index in [-0.39, 0.29) is 5.96 Å². The number of benzene rings is 1. The second-order valence-corrected chi connectivity index (χ2v) is 3.56. The summed E-state index contributed by atoms with van der Waals surface area (Å²) in [7, 11) is 0. The first-order valence-corrected chi connectivity index (χ1v) is 4.56. The van der Waals surface area contributed by atoms with Crippen LogP contribution in [-0.2, 0) is 0 Å². The van der Waals surface area contributed by atoms with E-state index in [1.807, 2.05) is 6.07 Å². The van der Waals surface area contributed by atoms with E-state index in [1.54, 1.807) is 12.1 Å². The first kappa shape index (κ1) is 10.3. The van der Waals surface area contributed by atoms with E-state index in [2.05, 4.69) is 26.3 Å². The van der Waals surface area contributed by atoms with Gasteiger partial charge in [-0.05, 0) is 18.2 Å². The highest BCUT2D eigenvalue weighted by Gasteiger charge is 1.99. The summed E-state index contributed by atoms with van der Waals surface area (Å²) in [5.74, 6) is 5.16. The summed E-state index contributed by atoms with van der Waals surface area (Å²) in [6, 6.07) is 5.27. The van der Waals surface area contributed by atoms with E-state index < -0.39 is 0 Å². The lowest BCUT2D eigenvalue weighted by molar-refractivity contribution is 1.01. The van der Waals surface area contributed by atoms with Crippen molar-refractivity contribution >= 4 is 39.2 Å². The quantitative estimate of drug-likeness (QED) is 0.311. The molecule has 1 aromatic rings. The van der Waals surface area contributed by atoms with E-state index >= 15 is 0 Å². The molecule has 0 aliphatic carbocycles. The number of hydrazine groups is 1. The molecule has 5 N–H and O–H groups in total. The molecule has 1 aromatic carbocycles. The summed E-state index contributed by atoms with van der Waals surface area (Å²) in [4.78, 5) is 3.92. The van der Waals surface area contributed by atoms with Crippen molar-refractivity contribution in [1.82, 2.24) is 5.43 Å². The molecule has 0 fully saturated rings. The zero-order chi connectivity index (χ0) is 9.84. The molecule has 70 valence electrons. The summed E-state index contributed by atoms with van der Waals surface area (Å²) in [5.41, 5.74) is 8.14. The molecule has 13 heavy (non-hydrogen) atoms. The molecule has 0 spiro atoms. The minimum atomic E-state index is 0.115. The van der Waals surface area contributed by atoms with Gasteiger partial charge in [-0.15, -0.1) is 0 Å². The Balaban J connectivity index is 3.03. The predicted octanol–water partition coefficient (Wildman–Crippen LogP) is 1.51. The largest absolute Gasteiger partial charge is 0.369 e. The average molecular weight is 264 g/mol. The molecule has 0 unspecified atom stereocenters. The Labute approximate surface area is 89.1 Å². The van der Waals surface area contributed by atoms with Crippen LogP contribution in [0.1, 0.15) is 0 Å². The van der Waals surface area contributed by atoms with Crippen LogP contribution in [0.2, 0.25) is 5.02 Å². The van der Waals surface area contributed by atoms with Gasteiger partial charge in [-0.25, -0.2) is 10.8 Å². The van der Waals surface area contributed by atoms with Crippen molar-refractivity contribution in [2.24, 2.45) is 16.6 Å². The highest BCUT2D eigenvalue weighted by molar-refractivity contribution is 9.10. The lowest BCUT2D eigenvalue weighted by atomic mass is 10.3. The number of guanidine groups is 1. The summed E-state index contributed by atoms with van der Waals surface area (Å²) in [5, 5.41) is 0.507. The molecule has 0 saturated heterocycles. The number of aliphatic imine (C=N–C) groups is 1. The van der Waals surface area contributed by atoms with Crippen LogP contribution in [0.5, 0.6) is 0 Å². The third kappa shape index (κ3) is 2.87. The molecule has 0 heterocycles. The maximum atomic E-state index is 5.87. The van der Waals surface area contributed by atoms with Crippen molar-refractivity contribution in [3.8, 4) is 0 Å². The Hall–Kier alpha value is -0.780. The fraction of sp³-hybridized carbons (Fsp3) is 0. The SMILES string of the molecule is NNC(N)=Nc1ccc(Br)cc1Cl. The molecule has 0 radical (unpaired) electrons. The molecule has 1 rings (SSSR count). The molecule has 0 aromatic heterocycles. The van der Waals surface area contributed by atoms with E-state index in [1.165, 1.54) is 0 Å². The Morgan fingerprint density at radius 2 is 2.23 bits per heavy atom. The maximum Gasteiger partial charge on any atom is 0.208 e. The number of halogens is 2. The topological polar surface area (TPSA) is 76.4 Å². The van der Waals surface area contributed by atoms with E-state index in [4.69, 9.17) is 23.2 Å². The third-order valence-corrected chi connectivity index (χ3v) is 2.09. The number of nitrogens with one attached hydrogen (secondary N) is 1. The lowest BCUT2D eigenvalue weighted by Gasteiger charge is -2.01. The predicted molar refractivity (Wildman–Crippen MR) is 57.8 cm³/mol. The molecule has 0 atom stereocenters. The zero-order valence-corrected chi connectivity index (χ0v) is 8.93. The molecular formula is C7H8BrClN4. The zero-order valence-electron chi connectivity index (χ0n) is 6.59. The van der Waals surface area contributed by atoms with Crippen molar-refractivity contribution in [2.45, 2.75) is 0 Å². The van der Waals surface area contributed by atoms with Gasteiger partial charge in [0.25, 0.3) is 0 Å². The number of rotatable bonds is 1. The van der Waals surface area contributed by atoms with Gasteiger partial charge < -0.3 is 5.73 Å². The van der Waals surface area contributed by atoms with E-state index in [0.717, 1.165) is 4.47 Å². The smallest absolute Gasteiger partial charge is 0.208 e. The van der Waals surface area contributed by atoms with Crippen molar-refractivity contribution in [3.63, 3.8) is 0 Å². The Morgan fingerprint density at radius 1 is 1.54 bits per heavy atom. The molecule has 0 amide bonds. The second-order valence-electron chi connectivity index (χ2n) is 2.24. The first-order valence-electron chi connectivity index (χ1n) is 3.39. The van der Waals surface area contributed by atoms with Gasteiger partial charge in [-0.2, -0.15) is 0 Å². The molecular weight excluding hydrogens is 255 g/mol. The lowest BCUT2D eigenvalue weighted by Crippen LogP contribution is -2.36. The number of nitrogens with two attached hydrogens (primary N) is 2. The van der Waals surface area contributed by atoms with Crippen LogP contribution in [-0.4, -0.2) is 5.96 Å². The molecule has 0 bridgehead atoms. The fourth-order valence-corrected chi connectivity index (χ4v) is 1.45. The summed E-state index contributed by atoms with van der Waals surface area (Å²) in [6.45, 7) is 0. The van der Waals surface area contributed by atoms with Gasteiger partial charge in [0, 0.05) is 4.47 Å². The number of hydrogen-bond donors (Lipinski definition) is 3. The van der Waals surface area contributed by atoms with Crippen LogP contribution < -0.4 is 17.0 Å². The summed E-state index contributed by atoms with van der Waals surface area (Å²) in [6.07, 6.45) is 0. The molecule has 6 heteroatoms. The van der Waals surface area contributed by atoms with Gasteiger partial charge in [-0.3, -0.25) is 5.43 Å². The molecule has 0 aliphatic heterocycles. The van der Waals surface area contributed by atoms with Crippen LogP contribution in [0.4, 0.5) is 5.69 Å². The Kier molecular flexibility index (Phi) is 3.53. The highest BCUT2D eigenvalue weighted by Crippen LogP contribution is 2.27. The van der Waals surface area contributed by atoms with Gasteiger partial charge in [0.1, 0.15) is 0 Å². The summed E-state index contributed by atoms with van der Waals surface area (Å²) < 4.78 is 0.885. The van der Waals surface area contributed by atoms with Crippen LogP contribution in [0.25, 0.3) is 0 Å². The van der Waals surface area contributed by atoms with Crippen LogP contribution in [0, 0.1) is 0 Å². The van der Waals surface area contributed by atoms with Crippen molar-refractivity contribution in [2.75, 3.05) is 0 Å². The minimum Gasteiger partial charge on any atom is -0.369 e. The van der Waals surface area contributed by atoms with Crippen molar-refractivity contribution in [3.05, 3.63) is 27.7 Å². The van der Waals surface area contributed by atoms with Crippen LogP contribution in [0.15, 0.2) is 27.7 Å². The third-order valence-electron chi connectivity index (χ3n) is 1.30. The standard InChI is InChI=1S/C7H8BrClN4/c8-4-1-2-6(5(9)3-4)12-7(10)13-11/h1-3H,11H2,(H3,10,12,13). The number of hydrogen-bond acceptors (Lipinski definition) is 2. The Morgan fingerprint density at radius 3 is 2.77 bits per heavy atom. The van der Waals surface area contributed by atoms with E-state index in [9.17, 15) is 0 Å². The van der Waals surface area contributed by atoms with Gasteiger partial charge >= 0.3 is 0 Å². The Bertz CT molecular complexity index is 339. The van der Waals surface area contributed by atoms with Gasteiger partial charge in [-0.1, -0.05) is 27.5 Å². The fourth-order valence-electron chi connectivity index (χ4n) is 0.734. The second kappa shape index (κ2) is 4.45. The van der Waals surface area contributed by atoms with Crippen molar-refractivity contribution in [1.29, 1.82) is 0 Å². The van der Waals surface area contributed by atoms with E-state index in [0.29, 0.717) is 10.7 Å². The summed E-state index contributed by atoms with van der Waals surface area (Å²) >= 11 is 9.14. The molecule has 4 nitrogen and oxygen atoms in total. The average Bonchev–Trinajstić information content (AvgIpc) is 2.09. The molecule has 0 aliphatic rings. The van der Waals surface area contributed by atoms with Gasteiger partial charge in [0.2, 0.25) is 5.96 Å². The molecule has 0 saturated carbocycles. The number of nitrogens with zero attached hydrogens (tertiary/aromatic N) is 1. The van der Waals surface area contributed by atoms with Gasteiger partial charge in [0.05, 0.1) is 10.7 Å². The minimum absolute atomic E-state index is 0.115. The van der Waals surface area contributed by atoms with Crippen LogP contribution >= 0.6 is 27.5 Å². The maximum absolute atomic E-state index is 5.87. The first-order chi connectivity index (χ1) is 6.13.